The highest BCUT2D eigenvalue weighted by molar-refractivity contribution is 5.96. The van der Waals surface area contributed by atoms with Gasteiger partial charge in [0.15, 0.2) is 5.54 Å². The number of hydrogen-bond acceptors (Lipinski definition) is 4. The summed E-state index contributed by atoms with van der Waals surface area (Å²) < 4.78 is 0.820. The van der Waals surface area contributed by atoms with E-state index in [0.29, 0.717) is 5.56 Å². The third-order valence-electron chi connectivity index (χ3n) is 4.93. The van der Waals surface area contributed by atoms with Gasteiger partial charge in [0.2, 0.25) is 0 Å². The van der Waals surface area contributed by atoms with Crippen LogP contribution in [0.4, 0.5) is 0 Å². The molecule has 0 unspecified atom stereocenters. The van der Waals surface area contributed by atoms with Crippen molar-refractivity contribution in [3.8, 4) is 11.1 Å². The van der Waals surface area contributed by atoms with E-state index in [1.165, 1.54) is 6.33 Å². The van der Waals surface area contributed by atoms with Gasteiger partial charge in [-0.15, -0.1) is 0 Å². The van der Waals surface area contributed by atoms with Crippen LogP contribution in [0.2, 0.25) is 0 Å². The fraction of sp³-hybridized carbons (Fsp3) is 0.353. The molecule has 1 aromatic heterocycles. The summed E-state index contributed by atoms with van der Waals surface area (Å²) in [6, 6.07) is 7.29. The van der Waals surface area contributed by atoms with Gasteiger partial charge in [-0.05, 0) is 45.4 Å². The van der Waals surface area contributed by atoms with Crippen LogP contribution in [0, 0.1) is 5.21 Å². The van der Waals surface area contributed by atoms with Crippen LogP contribution in [0.5, 0.6) is 0 Å². The van der Waals surface area contributed by atoms with Crippen LogP contribution in [0.15, 0.2) is 43.0 Å². The predicted octanol–water partition coefficient (Wildman–Crippen LogP) is 2.62. The van der Waals surface area contributed by atoms with Crippen LogP contribution in [0.1, 0.15) is 33.3 Å². The molecule has 0 fully saturated rings. The average molecular weight is 311 g/mol. The summed E-state index contributed by atoms with van der Waals surface area (Å²) in [4.78, 5) is 7.98. The first-order valence-corrected chi connectivity index (χ1v) is 7.44. The number of hydrogen-bond donors (Lipinski definition) is 0. The Morgan fingerprint density at radius 2 is 1.48 bits per heavy atom. The van der Waals surface area contributed by atoms with Crippen molar-refractivity contribution in [3.63, 3.8) is 0 Å². The Balaban J connectivity index is 2.02. The van der Waals surface area contributed by atoms with Gasteiger partial charge in [0.05, 0.1) is 5.56 Å². The molecule has 2 heterocycles. The number of nitrogens with zero attached hydrogens (tertiary/aromatic N) is 4. The third kappa shape index (κ3) is 2.17. The minimum Gasteiger partial charge on any atom is -0.714 e. The molecular formula is C17H19N4O2. The van der Waals surface area contributed by atoms with Crippen molar-refractivity contribution in [1.29, 1.82) is 0 Å². The van der Waals surface area contributed by atoms with Crippen LogP contribution in [-0.4, -0.2) is 36.7 Å². The van der Waals surface area contributed by atoms with Crippen molar-refractivity contribution < 1.29 is 9.95 Å². The normalized spacial score (nSPS) is 19.3. The van der Waals surface area contributed by atoms with E-state index in [2.05, 4.69) is 9.97 Å². The molecule has 0 saturated heterocycles. The second-order valence-corrected chi connectivity index (χ2v) is 6.73. The maximum Gasteiger partial charge on any atom is 0.316 e. The van der Waals surface area contributed by atoms with Crippen LogP contribution in [-0.2, 0) is 5.21 Å². The van der Waals surface area contributed by atoms with Gasteiger partial charge in [-0.25, -0.2) is 9.97 Å². The van der Waals surface area contributed by atoms with Crippen molar-refractivity contribution in [3.05, 3.63) is 53.8 Å². The first-order valence-electron chi connectivity index (χ1n) is 7.44. The van der Waals surface area contributed by atoms with Gasteiger partial charge in [0, 0.05) is 23.2 Å². The van der Waals surface area contributed by atoms with Gasteiger partial charge >= 0.3 is 5.84 Å². The lowest BCUT2D eigenvalue weighted by molar-refractivity contribution is -0.539. The molecule has 1 aliphatic rings. The van der Waals surface area contributed by atoms with E-state index in [4.69, 9.17) is 0 Å². The molecule has 0 N–H and O–H groups in total. The zero-order valence-electron chi connectivity index (χ0n) is 13.6. The molecule has 0 saturated carbocycles. The Morgan fingerprint density at radius 3 is 1.96 bits per heavy atom. The van der Waals surface area contributed by atoms with E-state index in [-0.39, 0.29) is 5.84 Å². The van der Waals surface area contributed by atoms with Gasteiger partial charge in [-0.3, -0.25) is 4.74 Å². The molecule has 0 amide bonds. The summed E-state index contributed by atoms with van der Waals surface area (Å²) in [5.74, 6) is 0.149. The Bertz CT molecular complexity index is 752. The molecule has 1 aromatic carbocycles. The molecule has 6 nitrogen and oxygen atoms in total. The van der Waals surface area contributed by atoms with Crippen LogP contribution >= 0.6 is 0 Å². The van der Waals surface area contributed by atoms with Gasteiger partial charge in [0.25, 0.3) is 0 Å². The van der Waals surface area contributed by atoms with E-state index < -0.39 is 11.1 Å². The topological polar surface area (TPSA) is 75.0 Å². The van der Waals surface area contributed by atoms with E-state index in [1.807, 2.05) is 12.1 Å². The largest absolute Gasteiger partial charge is 0.714 e. The number of hydroxylamine groups is 3. The van der Waals surface area contributed by atoms with Crippen molar-refractivity contribution >= 4 is 5.84 Å². The molecule has 6 heteroatoms. The van der Waals surface area contributed by atoms with Crippen LogP contribution < -0.4 is 0 Å². The second-order valence-electron chi connectivity index (χ2n) is 6.73. The maximum absolute atomic E-state index is 12.6. The Morgan fingerprint density at radius 1 is 0.957 bits per heavy atom. The molecule has 23 heavy (non-hydrogen) atoms. The third-order valence-corrected chi connectivity index (χ3v) is 4.93. The molecule has 2 aromatic rings. The van der Waals surface area contributed by atoms with Crippen molar-refractivity contribution in [2.45, 2.75) is 38.8 Å². The summed E-state index contributed by atoms with van der Waals surface area (Å²) >= 11 is 0. The number of aromatic nitrogens is 2. The number of amidine groups is 1. The first-order chi connectivity index (χ1) is 10.8. The minimum atomic E-state index is -0.809. The highest BCUT2D eigenvalue weighted by Gasteiger charge is 2.59. The molecular weight excluding hydrogens is 292 g/mol. The molecule has 1 aliphatic heterocycles. The highest BCUT2D eigenvalue weighted by Crippen LogP contribution is 2.37. The summed E-state index contributed by atoms with van der Waals surface area (Å²) in [6.07, 6.45) is 4.91. The maximum atomic E-state index is 12.6. The molecule has 0 atom stereocenters. The fourth-order valence-corrected chi connectivity index (χ4v) is 2.60. The second kappa shape index (κ2) is 5.03. The van der Waals surface area contributed by atoms with Gasteiger partial charge in [0.1, 0.15) is 11.9 Å². The van der Waals surface area contributed by atoms with Crippen molar-refractivity contribution in [2.24, 2.45) is 0 Å². The number of benzene rings is 1. The quantitative estimate of drug-likeness (QED) is 0.631. The monoisotopic (exact) mass is 311 g/mol. The SMILES string of the molecule is CC1(C)N([O])C(c2ccc(-c3cncnc3)cc2)=[N+]([O-])C1(C)C. The summed E-state index contributed by atoms with van der Waals surface area (Å²) in [5, 5.41) is 26.1. The molecule has 0 bridgehead atoms. The predicted molar refractivity (Wildman–Crippen MR) is 85.9 cm³/mol. The lowest BCUT2D eigenvalue weighted by Crippen LogP contribution is -2.53. The first kappa shape index (κ1) is 15.4. The lowest BCUT2D eigenvalue weighted by atomic mass is 9.84. The van der Waals surface area contributed by atoms with Crippen LogP contribution in [0.25, 0.3) is 11.1 Å². The van der Waals surface area contributed by atoms with Crippen molar-refractivity contribution in [1.82, 2.24) is 15.0 Å². The molecule has 3 rings (SSSR count). The Hall–Kier alpha value is -2.47. The zero-order valence-corrected chi connectivity index (χ0v) is 13.6. The molecule has 119 valence electrons. The molecule has 1 radical (unpaired) electrons. The van der Waals surface area contributed by atoms with E-state index in [9.17, 15) is 10.4 Å². The Kier molecular flexibility index (Phi) is 3.37. The fourth-order valence-electron chi connectivity index (χ4n) is 2.60. The average Bonchev–Trinajstić information content (AvgIpc) is 2.66. The lowest BCUT2D eigenvalue weighted by Gasteiger charge is -2.32. The Labute approximate surface area is 135 Å². The molecule has 0 spiro atoms. The smallest absolute Gasteiger partial charge is 0.316 e. The summed E-state index contributed by atoms with van der Waals surface area (Å²) in [5.41, 5.74) is 0.802. The highest BCUT2D eigenvalue weighted by atomic mass is 16.5. The van der Waals surface area contributed by atoms with Crippen LogP contribution in [0.3, 0.4) is 0 Å². The standard InChI is InChI=1S/C17H19N4O2/c1-16(2)17(3,4)21(23)15(20(16)22)13-7-5-12(6-8-13)14-9-18-11-19-10-14/h5-11H,1-4H3. The summed E-state index contributed by atoms with van der Waals surface area (Å²) in [6.45, 7) is 7.14. The zero-order chi connectivity index (χ0) is 16.8. The van der Waals surface area contributed by atoms with E-state index in [1.54, 1.807) is 52.2 Å². The van der Waals surface area contributed by atoms with Gasteiger partial charge in [-0.2, -0.15) is 0 Å². The van der Waals surface area contributed by atoms with Gasteiger partial charge < -0.3 is 5.21 Å². The number of rotatable bonds is 2. The van der Waals surface area contributed by atoms with E-state index in [0.717, 1.165) is 20.9 Å². The summed E-state index contributed by atoms with van der Waals surface area (Å²) in [7, 11) is 0. The van der Waals surface area contributed by atoms with Gasteiger partial charge in [-0.1, -0.05) is 17.2 Å². The van der Waals surface area contributed by atoms with E-state index >= 15 is 0 Å². The van der Waals surface area contributed by atoms with Crippen molar-refractivity contribution in [2.75, 3.05) is 0 Å². The minimum absolute atomic E-state index is 0.149. The molecule has 0 aliphatic carbocycles.